The lowest BCUT2D eigenvalue weighted by atomic mass is 10.4. The Morgan fingerprint density at radius 2 is 1.40 bits per heavy atom. The molecule has 0 heterocycles. The van der Waals surface area contributed by atoms with Crippen molar-refractivity contribution < 1.29 is 14.2 Å². The molecule has 0 unspecified atom stereocenters. The van der Waals surface area contributed by atoms with Gasteiger partial charge < -0.3 is 19.5 Å². The van der Waals surface area contributed by atoms with E-state index < -0.39 is 0 Å². The molecule has 0 atom stereocenters. The van der Waals surface area contributed by atoms with E-state index in [2.05, 4.69) is 19.2 Å². The van der Waals surface area contributed by atoms with E-state index in [1.807, 2.05) is 6.92 Å². The molecule has 0 rings (SSSR count). The van der Waals surface area contributed by atoms with E-state index in [1.165, 1.54) is 0 Å². The smallest absolute Gasteiger partial charge is 0.0701 e. The standard InChI is InChI=1S/C11H25NO3/c1-4-13-7-8-15-10-9-14-6-5-12-11(2)3/h11-12H,4-10H2,1-3H3. The minimum Gasteiger partial charge on any atom is -0.379 e. The van der Waals surface area contributed by atoms with E-state index in [4.69, 9.17) is 14.2 Å². The average molecular weight is 219 g/mol. The summed E-state index contributed by atoms with van der Waals surface area (Å²) >= 11 is 0. The Bertz CT molecular complexity index is 120. The highest BCUT2D eigenvalue weighted by Gasteiger charge is 1.92. The van der Waals surface area contributed by atoms with Gasteiger partial charge in [0.15, 0.2) is 0 Å². The molecule has 0 aromatic rings. The quantitative estimate of drug-likeness (QED) is 0.527. The number of rotatable bonds is 11. The molecule has 4 heteroatoms. The third kappa shape index (κ3) is 13.8. The van der Waals surface area contributed by atoms with E-state index in [9.17, 15) is 0 Å². The van der Waals surface area contributed by atoms with Crippen molar-refractivity contribution in [2.45, 2.75) is 26.8 Å². The van der Waals surface area contributed by atoms with Gasteiger partial charge in [-0.1, -0.05) is 13.8 Å². The summed E-state index contributed by atoms with van der Waals surface area (Å²) in [6, 6.07) is 0.524. The van der Waals surface area contributed by atoms with E-state index in [0.717, 1.165) is 19.8 Å². The van der Waals surface area contributed by atoms with Crippen LogP contribution in [0.1, 0.15) is 20.8 Å². The largest absolute Gasteiger partial charge is 0.379 e. The minimum absolute atomic E-state index is 0.524. The van der Waals surface area contributed by atoms with Crippen molar-refractivity contribution in [2.75, 3.05) is 46.2 Å². The first-order chi connectivity index (χ1) is 7.27. The molecule has 0 aliphatic carbocycles. The summed E-state index contributed by atoms with van der Waals surface area (Å²) in [5, 5.41) is 3.28. The van der Waals surface area contributed by atoms with Crippen LogP contribution in [0.15, 0.2) is 0 Å². The van der Waals surface area contributed by atoms with Crippen LogP contribution in [0.5, 0.6) is 0 Å². The van der Waals surface area contributed by atoms with Crippen molar-refractivity contribution in [2.24, 2.45) is 0 Å². The van der Waals surface area contributed by atoms with Crippen LogP contribution in [0, 0.1) is 0 Å². The Kier molecular flexibility index (Phi) is 11.8. The van der Waals surface area contributed by atoms with Gasteiger partial charge in [0.25, 0.3) is 0 Å². The summed E-state index contributed by atoms with van der Waals surface area (Å²) < 4.78 is 15.8. The highest BCUT2D eigenvalue weighted by atomic mass is 16.5. The monoisotopic (exact) mass is 219 g/mol. The average Bonchev–Trinajstić information content (AvgIpc) is 2.20. The fourth-order valence-corrected chi connectivity index (χ4v) is 1.00. The normalized spacial score (nSPS) is 11.2. The summed E-state index contributed by atoms with van der Waals surface area (Å²) in [5.41, 5.74) is 0. The van der Waals surface area contributed by atoms with Crippen molar-refractivity contribution in [1.82, 2.24) is 5.32 Å². The Morgan fingerprint density at radius 1 is 0.867 bits per heavy atom. The van der Waals surface area contributed by atoms with E-state index in [-0.39, 0.29) is 0 Å². The maximum atomic E-state index is 5.36. The molecule has 15 heavy (non-hydrogen) atoms. The Hall–Kier alpha value is -0.160. The molecule has 0 bridgehead atoms. The molecule has 0 aromatic heterocycles. The fourth-order valence-electron chi connectivity index (χ4n) is 1.00. The molecule has 0 radical (unpaired) electrons. The van der Waals surface area contributed by atoms with Crippen molar-refractivity contribution in [3.8, 4) is 0 Å². The minimum atomic E-state index is 0.524. The first kappa shape index (κ1) is 14.8. The molecule has 0 spiro atoms. The number of ether oxygens (including phenoxy) is 3. The van der Waals surface area contributed by atoms with E-state index in [1.54, 1.807) is 0 Å². The summed E-state index contributed by atoms with van der Waals surface area (Å²) in [6.45, 7) is 11.2. The van der Waals surface area contributed by atoms with Crippen LogP contribution >= 0.6 is 0 Å². The molecular formula is C11H25NO3. The number of hydrogen-bond acceptors (Lipinski definition) is 4. The lowest BCUT2D eigenvalue weighted by Gasteiger charge is -2.08. The van der Waals surface area contributed by atoms with Gasteiger partial charge in [-0.15, -0.1) is 0 Å². The topological polar surface area (TPSA) is 39.7 Å². The lowest BCUT2D eigenvalue weighted by Crippen LogP contribution is -2.27. The van der Waals surface area contributed by atoms with Gasteiger partial charge in [0, 0.05) is 19.2 Å². The van der Waals surface area contributed by atoms with Crippen LogP contribution in [0.4, 0.5) is 0 Å². The predicted molar refractivity (Wildman–Crippen MR) is 61.3 cm³/mol. The molecule has 0 fully saturated rings. The molecule has 0 aliphatic rings. The van der Waals surface area contributed by atoms with Crippen LogP contribution in [0.2, 0.25) is 0 Å². The number of nitrogens with one attached hydrogen (secondary N) is 1. The van der Waals surface area contributed by atoms with Crippen molar-refractivity contribution in [1.29, 1.82) is 0 Å². The zero-order chi connectivity index (χ0) is 11.4. The zero-order valence-electron chi connectivity index (χ0n) is 10.3. The van der Waals surface area contributed by atoms with E-state index >= 15 is 0 Å². The maximum Gasteiger partial charge on any atom is 0.0701 e. The Balaban J connectivity index is 2.87. The van der Waals surface area contributed by atoms with Crippen molar-refractivity contribution >= 4 is 0 Å². The van der Waals surface area contributed by atoms with Crippen molar-refractivity contribution in [3.05, 3.63) is 0 Å². The molecule has 1 N–H and O–H groups in total. The van der Waals surface area contributed by atoms with Crippen LogP contribution < -0.4 is 5.32 Å². The molecule has 0 amide bonds. The SMILES string of the molecule is CCOCCOCCOCCNC(C)C. The molecule has 0 aliphatic heterocycles. The third-order valence-electron chi connectivity index (χ3n) is 1.75. The van der Waals surface area contributed by atoms with Crippen LogP contribution in [0.25, 0.3) is 0 Å². The summed E-state index contributed by atoms with van der Waals surface area (Å²) in [7, 11) is 0. The van der Waals surface area contributed by atoms with Gasteiger partial charge in [-0.05, 0) is 6.92 Å². The summed E-state index contributed by atoms with van der Waals surface area (Å²) in [6.07, 6.45) is 0. The molecule has 0 aromatic carbocycles. The second-order valence-corrected chi connectivity index (χ2v) is 3.53. The first-order valence-electron chi connectivity index (χ1n) is 5.74. The highest BCUT2D eigenvalue weighted by Crippen LogP contribution is 1.81. The summed E-state index contributed by atoms with van der Waals surface area (Å²) in [4.78, 5) is 0. The molecule has 92 valence electrons. The Morgan fingerprint density at radius 3 is 1.93 bits per heavy atom. The van der Waals surface area contributed by atoms with Gasteiger partial charge in [0.2, 0.25) is 0 Å². The molecule has 0 saturated heterocycles. The second kappa shape index (κ2) is 11.9. The second-order valence-electron chi connectivity index (χ2n) is 3.53. The highest BCUT2D eigenvalue weighted by molar-refractivity contribution is 4.50. The molecular weight excluding hydrogens is 194 g/mol. The zero-order valence-corrected chi connectivity index (χ0v) is 10.3. The first-order valence-corrected chi connectivity index (χ1v) is 5.74. The lowest BCUT2D eigenvalue weighted by molar-refractivity contribution is 0.0174. The van der Waals surface area contributed by atoms with Gasteiger partial charge in [-0.2, -0.15) is 0 Å². The van der Waals surface area contributed by atoms with Crippen LogP contribution in [-0.4, -0.2) is 52.2 Å². The van der Waals surface area contributed by atoms with Gasteiger partial charge >= 0.3 is 0 Å². The van der Waals surface area contributed by atoms with Crippen LogP contribution in [-0.2, 0) is 14.2 Å². The van der Waals surface area contributed by atoms with Gasteiger partial charge in [-0.25, -0.2) is 0 Å². The van der Waals surface area contributed by atoms with Gasteiger partial charge in [-0.3, -0.25) is 0 Å². The molecule has 4 nitrogen and oxygen atoms in total. The van der Waals surface area contributed by atoms with Crippen LogP contribution in [0.3, 0.4) is 0 Å². The Labute approximate surface area is 93.3 Å². The van der Waals surface area contributed by atoms with Crippen molar-refractivity contribution in [3.63, 3.8) is 0 Å². The van der Waals surface area contributed by atoms with Gasteiger partial charge in [0.05, 0.1) is 33.0 Å². The number of hydrogen-bond donors (Lipinski definition) is 1. The predicted octanol–water partition coefficient (Wildman–Crippen LogP) is 1.05. The third-order valence-corrected chi connectivity index (χ3v) is 1.75. The van der Waals surface area contributed by atoms with E-state index in [0.29, 0.717) is 32.5 Å². The molecule has 0 saturated carbocycles. The van der Waals surface area contributed by atoms with Gasteiger partial charge in [0.1, 0.15) is 0 Å². The fraction of sp³-hybridized carbons (Fsp3) is 1.00. The summed E-state index contributed by atoms with van der Waals surface area (Å²) in [5.74, 6) is 0. The maximum absolute atomic E-state index is 5.36.